The number of carbonyl (C=O) groups excluding carboxylic acids is 1. The molecule has 0 aliphatic carbocycles. The lowest BCUT2D eigenvalue weighted by atomic mass is 10.1. The van der Waals surface area contributed by atoms with E-state index in [0.29, 0.717) is 13.0 Å². The summed E-state index contributed by atoms with van der Waals surface area (Å²) in [4.78, 5) is 11.7. The Balaban J connectivity index is 1.89. The molecule has 1 heterocycles. The largest absolute Gasteiger partial charge is 0.396 e. The van der Waals surface area contributed by atoms with Crippen LogP contribution >= 0.6 is 0 Å². The molecule has 2 rings (SSSR count). The average molecular weight is 273 g/mol. The minimum atomic E-state index is -0.0304. The van der Waals surface area contributed by atoms with Crippen LogP contribution in [0.15, 0.2) is 42.7 Å². The number of hydrogen-bond acceptors (Lipinski definition) is 3. The molecule has 5 nitrogen and oxygen atoms in total. The number of aliphatic hydroxyl groups is 1. The molecule has 1 aromatic carbocycles. The Labute approximate surface area is 118 Å². The van der Waals surface area contributed by atoms with Gasteiger partial charge in [0, 0.05) is 25.5 Å². The van der Waals surface area contributed by atoms with Crippen LogP contribution in [0.1, 0.15) is 12.5 Å². The maximum absolute atomic E-state index is 11.7. The highest BCUT2D eigenvalue weighted by atomic mass is 16.3. The molecule has 1 amide bonds. The maximum Gasteiger partial charge on any atom is 0.224 e. The molecule has 2 N–H and O–H groups in total. The molecule has 0 saturated carbocycles. The van der Waals surface area contributed by atoms with Crippen LogP contribution in [0.2, 0.25) is 0 Å². The number of aromatic nitrogens is 2. The third-order valence-electron chi connectivity index (χ3n) is 3.03. The first-order valence-electron chi connectivity index (χ1n) is 6.65. The van der Waals surface area contributed by atoms with Gasteiger partial charge in [0.25, 0.3) is 0 Å². The second kappa shape index (κ2) is 6.86. The van der Waals surface area contributed by atoms with Crippen molar-refractivity contribution >= 4 is 5.91 Å². The van der Waals surface area contributed by atoms with Crippen molar-refractivity contribution in [1.29, 1.82) is 0 Å². The van der Waals surface area contributed by atoms with E-state index in [0.717, 1.165) is 11.3 Å². The quantitative estimate of drug-likeness (QED) is 0.830. The van der Waals surface area contributed by atoms with Crippen molar-refractivity contribution in [1.82, 2.24) is 15.1 Å². The van der Waals surface area contributed by atoms with Crippen LogP contribution in [0, 0.1) is 5.92 Å². The van der Waals surface area contributed by atoms with E-state index in [1.165, 1.54) is 0 Å². The number of nitrogens with one attached hydrogen (secondary N) is 1. The number of carbonyl (C=O) groups is 1. The fraction of sp³-hybridized carbons (Fsp3) is 0.333. The minimum Gasteiger partial charge on any atom is -0.396 e. The molecule has 1 aromatic heterocycles. The lowest BCUT2D eigenvalue weighted by Gasteiger charge is -2.10. The lowest BCUT2D eigenvalue weighted by Crippen LogP contribution is -2.30. The van der Waals surface area contributed by atoms with Gasteiger partial charge in [0.1, 0.15) is 0 Å². The smallest absolute Gasteiger partial charge is 0.224 e. The summed E-state index contributed by atoms with van der Waals surface area (Å²) >= 11 is 0. The van der Waals surface area contributed by atoms with Gasteiger partial charge < -0.3 is 10.4 Å². The molecular formula is C15H19N3O2. The summed E-state index contributed by atoms with van der Waals surface area (Å²) in [5.41, 5.74) is 1.92. The second-order valence-electron chi connectivity index (χ2n) is 4.89. The van der Waals surface area contributed by atoms with Crippen LogP contribution in [0.25, 0.3) is 5.69 Å². The van der Waals surface area contributed by atoms with Gasteiger partial charge >= 0.3 is 0 Å². The number of benzene rings is 1. The van der Waals surface area contributed by atoms with Crippen LogP contribution in [0.5, 0.6) is 0 Å². The molecule has 1 unspecified atom stereocenters. The second-order valence-corrected chi connectivity index (χ2v) is 4.89. The first-order chi connectivity index (χ1) is 9.69. The van der Waals surface area contributed by atoms with Gasteiger partial charge in [-0.3, -0.25) is 4.79 Å². The van der Waals surface area contributed by atoms with E-state index in [9.17, 15) is 4.79 Å². The predicted octanol–water partition coefficient (Wildman–Crippen LogP) is 1.16. The van der Waals surface area contributed by atoms with Crippen LogP contribution in [0.4, 0.5) is 0 Å². The first-order valence-corrected chi connectivity index (χ1v) is 6.65. The topological polar surface area (TPSA) is 67.2 Å². The molecule has 20 heavy (non-hydrogen) atoms. The van der Waals surface area contributed by atoms with Gasteiger partial charge in [-0.15, -0.1) is 0 Å². The van der Waals surface area contributed by atoms with E-state index < -0.39 is 0 Å². The third-order valence-corrected chi connectivity index (χ3v) is 3.03. The monoisotopic (exact) mass is 273 g/mol. The van der Waals surface area contributed by atoms with Crippen molar-refractivity contribution in [3.05, 3.63) is 48.3 Å². The Hall–Kier alpha value is -2.14. The fourth-order valence-electron chi connectivity index (χ4n) is 1.79. The van der Waals surface area contributed by atoms with Crippen LogP contribution in [-0.2, 0) is 11.2 Å². The van der Waals surface area contributed by atoms with Crippen molar-refractivity contribution in [3.8, 4) is 5.69 Å². The maximum atomic E-state index is 11.7. The number of hydrogen-bond donors (Lipinski definition) is 2. The van der Waals surface area contributed by atoms with Crippen LogP contribution in [0.3, 0.4) is 0 Å². The molecule has 5 heteroatoms. The Morgan fingerprint density at radius 2 is 2.15 bits per heavy atom. The van der Waals surface area contributed by atoms with Crippen molar-refractivity contribution in [2.45, 2.75) is 13.3 Å². The van der Waals surface area contributed by atoms with Crippen molar-refractivity contribution < 1.29 is 9.90 Å². The van der Waals surface area contributed by atoms with E-state index in [4.69, 9.17) is 5.11 Å². The van der Waals surface area contributed by atoms with Crippen molar-refractivity contribution in [2.24, 2.45) is 5.92 Å². The zero-order chi connectivity index (χ0) is 14.4. The lowest BCUT2D eigenvalue weighted by molar-refractivity contribution is -0.120. The number of aliphatic hydroxyl groups excluding tert-OH is 1. The Kier molecular flexibility index (Phi) is 4.90. The molecule has 0 spiro atoms. The highest BCUT2D eigenvalue weighted by Crippen LogP contribution is 2.09. The van der Waals surface area contributed by atoms with Gasteiger partial charge in [0.2, 0.25) is 5.91 Å². The van der Waals surface area contributed by atoms with Gasteiger partial charge in [0.05, 0.1) is 12.1 Å². The highest BCUT2D eigenvalue weighted by molar-refractivity contribution is 5.78. The zero-order valence-corrected chi connectivity index (χ0v) is 11.5. The summed E-state index contributed by atoms with van der Waals surface area (Å²) in [6.07, 6.45) is 3.94. The Morgan fingerprint density at radius 3 is 2.75 bits per heavy atom. The summed E-state index contributed by atoms with van der Waals surface area (Å²) in [6.45, 7) is 2.47. The molecule has 0 radical (unpaired) electrons. The van der Waals surface area contributed by atoms with Gasteiger partial charge in [-0.25, -0.2) is 4.68 Å². The van der Waals surface area contributed by atoms with Gasteiger partial charge in [-0.1, -0.05) is 19.1 Å². The fourth-order valence-corrected chi connectivity index (χ4v) is 1.79. The Bertz CT molecular complexity index is 535. The molecule has 0 aliphatic rings. The van der Waals surface area contributed by atoms with Crippen LogP contribution in [-0.4, -0.2) is 33.9 Å². The number of nitrogens with zero attached hydrogens (tertiary/aromatic N) is 2. The molecular weight excluding hydrogens is 254 g/mol. The summed E-state index contributed by atoms with van der Waals surface area (Å²) in [6, 6.07) is 9.58. The number of rotatable bonds is 6. The number of amides is 1. The molecule has 0 bridgehead atoms. The molecule has 0 fully saturated rings. The molecule has 0 aliphatic heterocycles. The summed E-state index contributed by atoms with van der Waals surface area (Å²) in [5.74, 6) is 0.0540. The van der Waals surface area contributed by atoms with E-state index in [1.807, 2.05) is 43.5 Å². The van der Waals surface area contributed by atoms with E-state index in [-0.39, 0.29) is 18.4 Å². The van der Waals surface area contributed by atoms with Crippen LogP contribution < -0.4 is 5.32 Å². The summed E-state index contributed by atoms with van der Waals surface area (Å²) < 4.78 is 1.77. The zero-order valence-electron chi connectivity index (χ0n) is 11.5. The SMILES string of the molecule is CC(CO)CNC(=O)Cc1ccc(-n2cccn2)cc1. The normalized spacial score (nSPS) is 12.1. The van der Waals surface area contributed by atoms with Gasteiger partial charge in [-0.2, -0.15) is 5.10 Å². The third kappa shape index (κ3) is 3.93. The van der Waals surface area contributed by atoms with Gasteiger partial charge in [-0.05, 0) is 29.7 Å². The molecule has 106 valence electrons. The summed E-state index contributed by atoms with van der Waals surface area (Å²) in [7, 11) is 0. The van der Waals surface area contributed by atoms with E-state index in [1.54, 1.807) is 10.9 Å². The highest BCUT2D eigenvalue weighted by Gasteiger charge is 2.06. The molecule has 0 saturated heterocycles. The standard InChI is InChI=1S/C15H19N3O2/c1-12(11-19)10-16-15(20)9-13-3-5-14(6-4-13)18-8-2-7-17-18/h2-8,12,19H,9-11H2,1H3,(H,16,20). The molecule has 1 atom stereocenters. The van der Waals surface area contributed by atoms with E-state index >= 15 is 0 Å². The van der Waals surface area contributed by atoms with Crippen molar-refractivity contribution in [2.75, 3.05) is 13.2 Å². The minimum absolute atomic E-state index is 0.0304. The average Bonchev–Trinajstić information content (AvgIpc) is 2.99. The van der Waals surface area contributed by atoms with Gasteiger partial charge in [0.15, 0.2) is 0 Å². The van der Waals surface area contributed by atoms with E-state index in [2.05, 4.69) is 10.4 Å². The Morgan fingerprint density at radius 1 is 1.40 bits per heavy atom. The molecule has 2 aromatic rings. The summed E-state index contributed by atoms with van der Waals surface area (Å²) in [5, 5.41) is 15.9. The first kappa shape index (κ1) is 14.3. The van der Waals surface area contributed by atoms with Crippen molar-refractivity contribution in [3.63, 3.8) is 0 Å². The predicted molar refractivity (Wildman–Crippen MR) is 76.5 cm³/mol.